The summed E-state index contributed by atoms with van der Waals surface area (Å²) >= 11 is 0. The summed E-state index contributed by atoms with van der Waals surface area (Å²) in [5, 5.41) is 29.2. The van der Waals surface area contributed by atoms with Crippen molar-refractivity contribution in [2.45, 2.75) is 6.04 Å². The molecule has 0 radical (unpaired) electrons. The van der Waals surface area contributed by atoms with Gasteiger partial charge < -0.3 is 20.6 Å². The highest BCUT2D eigenvalue weighted by atomic mass is 16.4. The minimum Gasteiger partial charge on any atom is -0.478 e. The van der Waals surface area contributed by atoms with E-state index >= 15 is 0 Å². The van der Waals surface area contributed by atoms with Crippen molar-refractivity contribution in [3.63, 3.8) is 0 Å². The van der Waals surface area contributed by atoms with Crippen molar-refractivity contribution >= 4 is 11.7 Å². The Labute approximate surface area is 86.2 Å². The van der Waals surface area contributed by atoms with Gasteiger partial charge in [-0.15, -0.1) is 0 Å². The first-order valence-corrected chi connectivity index (χ1v) is 4.34. The number of carbonyl (C=O) groups is 1. The summed E-state index contributed by atoms with van der Waals surface area (Å²) in [6, 6.07) is 0.896. The quantitative estimate of drug-likeness (QED) is 0.527. The van der Waals surface area contributed by atoms with E-state index in [0.717, 1.165) is 0 Å². The average Bonchev–Trinajstić information content (AvgIpc) is 2.26. The first-order valence-electron chi connectivity index (χ1n) is 4.34. The van der Waals surface area contributed by atoms with Crippen LogP contribution in [0.15, 0.2) is 18.5 Å². The van der Waals surface area contributed by atoms with Crippen LogP contribution in [0.1, 0.15) is 10.4 Å². The van der Waals surface area contributed by atoms with Gasteiger partial charge in [-0.05, 0) is 6.07 Å². The van der Waals surface area contributed by atoms with E-state index in [9.17, 15) is 4.79 Å². The minimum absolute atomic E-state index is 0.00407. The van der Waals surface area contributed by atoms with Crippen molar-refractivity contribution in [2.24, 2.45) is 0 Å². The fraction of sp³-hybridized carbons (Fsp3) is 0.333. The molecule has 1 rings (SSSR count). The number of aromatic carboxylic acids is 1. The molecule has 0 aliphatic rings. The Morgan fingerprint density at radius 2 is 2.13 bits per heavy atom. The molecule has 0 aliphatic carbocycles. The van der Waals surface area contributed by atoms with Crippen molar-refractivity contribution in [3.05, 3.63) is 24.0 Å². The molecule has 0 saturated heterocycles. The summed E-state index contributed by atoms with van der Waals surface area (Å²) in [5.74, 6) is -1.11. The molecule has 0 aliphatic heterocycles. The van der Waals surface area contributed by atoms with E-state index in [2.05, 4.69) is 10.3 Å². The molecule has 15 heavy (non-hydrogen) atoms. The summed E-state index contributed by atoms with van der Waals surface area (Å²) in [6.07, 6.45) is 2.64. The minimum atomic E-state index is -1.11. The molecule has 6 nitrogen and oxygen atoms in total. The zero-order chi connectivity index (χ0) is 11.3. The van der Waals surface area contributed by atoms with Gasteiger partial charge in [0.15, 0.2) is 0 Å². The van der Waals surface area contributed by atoms with Crippen molar-refractivity contribution in [2.75, 3.05) is 18.5 Å². The van der Waals surface area contributed by atoms with E-state index in [4.69, 9.17) is 15.3 Å². The second kappa shape index (κ2) is 5.28. The van der Waals surface area contributed by atoms with Gasteiger partial charge in [-0.25, -0.2) is 4.79 Å². The number of nitrogens with one attached hydrogen (secondary N) is 1. The second-order valence-corrected chi connectivity index (χ2v) is 2.93. The van der Waals surface area contributed by atoms with Crippen LogP contribution in [0.3, 0.4) is 0 Å². The topological polar surface area (TPSA) is 103 Å². The molecule has 0 atom stereocenters. The Bertz CT molecular complexity index is 339. The molecule has 0 aromatic carbocycles. The van der Waals surface area contributed by atoms with Gasteiger partial charge in [0.25, 0.3) is 0 Å². The third-order valence-electron chi connectivity index (χ3n) is 1.85. The molecule has 0 bridgehead atoms. The molecule has 0 unspecified atom stereocenters. The van der Waals surface area contributed by atoms with Gasteiger partial charge in [-0.2, -0.15) is 0 Å². The van der Waals surface area contributed by atoms with Gasteiger partial charge >= 0.3 is 5.97 Å². The van der Waals surface area contributed by atoms with Crippen LogP contribution < -0.4 is 5.32 Å². The SMILES string of the molecule is O=C(O)c1cnccc1NC(CO)CO. The zero-order valence-electron chi connectivity index (χ0n) is 7.92. The fourth-order valence-electron chi connectivity index (χ4n) is 1.06. The van der Waals surface area contributed by atoms with Gasteiger partial charge in [0.1, 0.15) is 5.56 Å². The Morgan fingerprint density at radius 1 is 1.47 bits per heavy atom. The van der Waals surface area contributed by atoms with E-state index in [1.807, 2.05) is 0 Å². The number of pyridine rings is 1. The maximum absolute atomic E-state index is 10.8. The highest BCUT2D eigenvalue weighted by Gasteiger charge is 2.12. The molecule has 0 spiro atoms. The number of aliphatic hydroxyl groups is 2. The molecule has 0 fully saturated rings. The van der Waals surface area contributed by atoms with Crippen LogP contribution in [0.5, 0.6) is 0 Å². The lowest BCUT2D eigenvalue weighted by Crippen LogP contribution is -2.28. The molecule has 1 aromatic rings. The van der Waals surface area contributed by atoms with Gasteiger partial charge in [0.05, 0.1) is 24.9 Å². The first kappa shape index (κ1) is 11.4. The summed E-state index contributed by atoms with van der Waals surface area (Å²) in [7, 11) is 0. The Hall–Kier alpha value is -1.66. The monoisotopic (exact) mass is 212 g/mol. The van der Waals surface area contributed by atoms with Crippen LogP contribution in [0.2, 0.25) is 0 Å². The normalized spacial score (nSPS) is 10.3. The second-order valence-electron chi connectivity index (χ2n) is 2.93. The van der Waals surface area contributed by atoms with E-state index < -0.39 is 12.0 Å². The van der Waals surface area contributed by atoms with Gasteiger partial charge in [0, 0.05) is 12.4 Å². The number of rotatable bonds is 5. The Balaban J connectivity index is 2.88. The number of hydrogen-bond acceptors (Lipinski definition) is 5. The average molecular weight is 212 g/mol. The molecular weight excluding hydrogens is 200 g/mol. The van der Waals surface area contributed by atoms with Crippen molar-refractivity contribution in [1.82, 2.24) is 4.98 Å². The van der Waals surface area contributed by atoms with Crippen LogP contribution in [0.4, 0.5) is 5.69 Å². The Kier molecular flexibility index (Phi) is 4.02. The van der Waals surface area contributed by atoms with E-state index in [1.165, 1.54) is 18.5 Å². The summed E-state index contributed by atoms with van der Waals surface area (Å²) in [5.41, 5.74) is 0.329. The summed E-state index contributed by atoms with van der Waals surface area (Å²) < 4.78 is 0. The molecule has 4 N–H and O–H groups in total. The molecule has 1 heterocycles. The van der Waals surface area contributed by atoms with Gasteiger partial charge in [0.2, 0.25) is 0 Å². The lowest BCUT2D eigenvalue weighted by molar-refractivity contribution is 0.0697. The van der Waals surface area contributed by atoms with Crippen LogP contribution >= 0.6 is 0 Å². The number of carboxylic acids is 1. The van der Waals surface area contributed by atoms with E-state index in [-0.39, 0.29) is 18.8 Å². The first-order chi connectivity index (χ1) is 7.19. The number of carboxylic acid groups (broad SMARTS) is 1. The van der Waals surface area contributed by atoms with Gasteiger partial charge in [-0.3, -0.25) is 4.98 Å². The third kappa shape index (κ3) is 2.90. The van der Waals surface area contributed by atoms with Crippen LogP contribution in [-0.2, 0) is 0 Å². The molecule has 1 aromatic heterocycles. The zero-order valence-corrected chi connectivity index (χ0v) is 7.92. The van der Waals surface area contributed by atoms with Crippen molar-refractivity contribution in [1.29, 1.82) is 0 Å². The van der Waals surface area contributed by atoms with Crippen LogP contribution in [-0.4, -0.2) is 45.5 Å². The maximum Gasteiger partial charge on any atom is 0.339 e. The predicted octanol–water partition coefficient (Wildman–Crippen LogP) is -0.455. The van der Waals surface area contributed by atoms with Gasteiger partial charge in [-0.1, -0.05) is 0 Å². The number of hydrogen-bond donors (Lipinski definition) is 4. The smallest absolute Gasteiger partial charge is 0.339 e. The summed E-state index contributed by atoms with van der Waals surface area (Å²) in [4.78, 5) is 14.5. The molecular formula is C9H12N2O4. The van der Waals surface area contributed by atoms with Crippen LogP contribution in [0, 0.1) is 0 Å². The third-order valence-corrected chi connectivity index (χ3v) is 1.85. The number of aliphatic hydroxyl groups excluding tert-OH is 2. The van der Waals surface area contributed by atoms with E-state index in [1.54, 1.807) is 0 Å². The number of nitrogens with zero attached hydrogens (tertiary/aromatic N) is 1. The maximum atomic E-state index is 10.8. The van der Waals surface area contributed by atoms with Crippen molar-refractivity contribution < 1.29 is 20.1 Å². The number of anilines is 1. The summed E-state index contributed by atoms with van der Waals surface area (Å²) in [6.45, 7) is -0.560. The molecule has 0 saturated carbocycles. The predicted molar refractivity (Wildman–Crippen MR) is 52.8 cm³/mol. The number of aromatic nitrogens is 1. The molecule has 0 amide bonds. The molecule has 6 heteroatoms. The van der Waals surface area contributed by atoms with Crippen LogP contribution in [0.25, 0.3) is 0 Å². The standard InChI is InChI=1S/C9H12N2O4/c12-4-6(5-13)11-8-1-2-10-3-7(8)9(14)15/h1-3,6,12-13H,4-5H2,(H,10,11)(H,14,15). The highest BCUT2D eigenvalue weighted by molar-refractivity contribution is 5.93. The fourth-order valence-corrected chi connectivity index (χ4v) is 1.06. The highest BCUT2D eigenvalue weighted by Crippen LogP contribution is 2.14. The lowest BCUT2D eigenvalue weighted by Gasteiger charge is -2.15. The van der Waals surface area contributed by atoms with E-state index in [0.29, 0.717) is 5.69 Å². The van der Waals surface area contributed by atoms with Crippen molar-refractivity contribution in [3.8, 4) is 0 Å². The Morgan fingerprint density at radius 3 is 2.67 bits per heavy atom. The lowest BCUT2D eigenvalue weighted by atomic mass is 10.2. The molecule has 82 valence electrons. The largest absolute Gasteiger partial charge is 0.478 e.